The van der Waals surface area contributed by atoms with Crippen molar-refractivity contribution in [3.05, 3.63) is 0 Å². The molecule has 6 N–H and O–H groups in total. The lowest BCUT2D eigenvalue weighted by Crippen LogP contribution is -2.52. The van der Waals surface area contributed by atoms with Gasteiger partial charge in [0.1, 0.15) is 11.8 Å². The highest BCUT2D eigenvalue weighted by atomic mass is 16.2. The van der Waals surface area contributed by atoms with Crippen LogP contribution in [0.3, 0.4) is 0 Å². The second-order valence-corrected chi connectivity index (χ2v) is 8.36. The standard InChI is InChI=1S/C19H36N6O/c1-12(2)11-23-15-6-8-25(9-7-15)18(22)16(10-13(3)20)19(26)24-17(21)14-4-5-14/h12,14-17,20,22-23H,4-11,21H2,1-3H3,(H,24,26). The molecular formula is C19H36N6O. The van der Waals surface area contributed by atoms with E-state index in [1.807, 2.05) is 4.90 Å². The lowest BCUT2D eigenvalue weighted by Gasteiger charge is -2.36. The van der Waals surface area contributed by atoms with Crippen molar-refractivity contribution >= 4 is 17.5 Å². The van der Waals surface area contributed by atoms with Gasteiger partial charge in [0.05, 0.1) is 6.17 Å². The monoisotopic (exact) mass is 364 g/mol. The van der Waals surface area contributed by atoms with Crippen molar-refractivity contribution < 1.29 is 4.79 Å². The highest BCUT2D eigenvalue weighted by molar-refractivity contribution is 6.04. The maximum absolute atomic E-state index is 12.7. The fourth-order valence-electron chi connectivity index (χ4n) is 3.41. The minimum absolute atomic E-state index is 0.207. The average molecular weight is 365 g/mol. The van der Waals surface area contributed by atoms with Crippen molar-refractivity contribution in [2.75, 3.05) is 19.6 Å². The van der Waals surface area contributed by atoms with Gasteiger partial charge >= 0.3 is 0 Å². The van der Waals surface area contributed by atoms with Gasteiger partial charge < -0.3 is 26.7 Å². The summed E-state index contributed by atoms with van der Waals surface area (Å²) >= 11 is 0. The van der Waals surface area contributed by atoms with Gasteiger partial charge in [-0.2, -0.15) is 0 Å². The molecule has 0 aromatic carbocycles. The molecule has 2 fully saturated rings. The Hall–Kier alpha value is -1.47. The number of piperidine rings is 1. The maximum atomic E-state index is 12.7. The van der Waals surface area contributed by atoms with Crippen LogP contribution in [0.1, 0.15) is 52.9 Å². The van der Waals surface area contributed by atoms with E-state index in [1.54, 1.807) is 6.92 Å². The third-order valence-corrected chi connectivity index (χ3v) is 5.25. The van der Waals surface area contributed by atoms with Crippen LogP contribution in [0.5, 0.6) is 0 Å². The lowest BCUT2D eigenvalue weighted by molar-refractivity contribution is -0.123. The molecule has 2 atom stereocenters. The van der Waals surface area contributed by atoms with Crippen molar-refractivity contribution in [2.24, 2.45) is 23.5 Å². The SMILES string of the molecule is CC(=N)CC(C(=N)N1CCC(NCC(C)C)CC1)C(=O)NC(N)C1CC1. The van der Waals surface area contributed by atoms with Crippen molar-refractivity contribution in [1.82, 2.24) is 15.5 Å². The van der Waals surface area contributed by atoms with Gasteiger partial charge in [0.2, 0.25) is 5.91 Å². The quantitative estimate of drug-likeness (QED) is 0.242. The minimum atomic E-state index is -0.613. The van der Waals surface area contributed by atoms with Gasteiger partial charge in [-0.25, -0.2) is 0 Å². The fraction of sp³-hybridized carbons (Fsp3) is 0.842. The summed E-state index contributed by atoms with van der Waals surface area (Å²) < 4.78 is 0. The zero-order valence-corrected chi connectivity index (χ0v) is 16.5. The van der Waals surface area contributed by atoms with E-state index in [-0.39, 0.29) is 18.5 Å². The normalized spacial score (nSPS) is 20.7. The molecule has 1 aliphatic carbocycles. The largest absolute Gasteiger partial charge is 0.360 e. The molecule has 1 aliphatic heterocycles. The average Bonchev–Trinajstić information content (AvgIpc) is 3.42. The molecule has 1 saturated carbocycles. The van der Waals surface area contributed by atoms with E-state index < -0.39 is 5.92 Å². The molecule has 2 rings (SSSR count). The molecule has 2 unspecified atom stereocenters. The summed E-state index contributed by atoms with van der Waals surface area (Å²) in [5.74, 6) is 0.515. The summed E-state index contributed by atoms with van der Waals surface area (Å²) in [7, 11) is 0. The maximum Gasteiger partial charge on any atom is 0.232 e. The summed E-state index contributed by atoms with van der Waals surface area (Å²) in [6.07, 6.45) is 4.04. The first-order valence-electron chi connectivity index (χ1n) is 9.94. The molecule has 148 valence electrons. The Kier molecular flexibility index (Phi) is 7.58. The molecule has 0 spiro atoms. The van der Waals surface area contributed by atoms with E-state index in [2.05, 4.69) is 24.5 Å². The number of nitrogens with zero attached hydrogens (tertiary/aromatic N) is 1. The minimum Gasteiger partial charge on any atom is -0.360 e. The molecule has 0 bridgehead atoms. The van der Waals surface area contributed by atoms with E-state index in [4.69, 9.17) is 16.6 Å². The van der Waals surface area contributed by atoms with Gasteiger partial charge in [0.15, 0.2) is 0 Å². The van der Waals surface area contributed by atoms with Crippen molar-refractivity contribution in [3.63, 3.8) is 0 Å². The third-order valence-electron chi connectivity index (χ3n) is 5.25. The van der Waals surface area contributed by atoms with Crippen molar-refractivity contribution in [3.8, 4) is 0 Å². The second-order valence-electron chi connectivity index (χ2n) is 8.36. The third kappa shape index (κ3) is 6.36. The Balaban J connectivity index is 1.89. The number of likely N-dealkylation sites (tertiary alicyclic amines) is 1. The van der Waals surface area contributed by atoms with Gasteiger partial charge in [0.25, 0.3) is 0 Å². The van der Waals surface area contributed by atoms with Crippen LogP contribution in [0.2, 0.25) is 0 Å². The Morgan fingerprint density at radius 3 is 2.31 bits per heavy atom. The van der Waals surface area contributed by atoms with Gasteiger partial charge in [-0.05, 0) is 51.0 Å². The van der Waals surface area contributed by atoms with Crippen LogP contribution < -0.4 is 16.4 Å². The smallest absolute Gasteiger partial charge is 0.232 e. The number of amides is 1. The number of hydrogen-bond donors (Lipinski definition) is 5. The highest BCUT2D eigenvalue weighted by Gasteiger charge is 2.34. The van der Waals surface area contributed by atoms with E-state index >= 15 is 0 Å². The number of nitrogens with one attached hydrogen (secondary N) is 4. The Bertz CT molecular complexity index is 508. The molecule has 7 heteroatoms. The van der Waals surface area contributed by atoms with E-state index in [1.165, 1.54) is 0 Å². The zero-order chi connectivity index (χ0) is 19.3. The summed E-state index contributed by atoms with van der Waals surface area (Å²) in [6.45, 7) is 8.67. The zero-order valence-electron chi connectivity index (χ0n) is 16.5. The van der Waals surface area contributed by atoms with Crippen LogP contribution in [0, 0.1) is 28.6 Å². The lowest BCUT2D eigenvalue weighted by atomic mass is 9.96. The Labute approximate surface area is 157 Å². The molecule has 2 aliphatic rings. The number of rotatable bonds is 9. The molecule has 7 nitrogen and oxygen atoms in total. The van der Waals surface area contributed by atoms with Crippen LogP contribution in [0.4, 0.5) is 0 Å². The first-order valence-corrected chi connectivity index (χ1v) is 9.94. The summed E-state index contributed by atoms with van der Waals surface area (Å²) in [6, 6.07) is 0.487. The van der Waals surface area contributed by atoms with Gasteiger partial charge in [-0.3, -0.25) is 10.2 Å². The first kappa shape index (κ1) is 20.8. The number of nitrogens with two attached hydrogens (primary N) is 1. The van der Waals surface area contributed by atoms with Crippen LogP contribution in [0.25, 0.3) is 0 Å². The fourth-order valence-corrected chi connectivity index (χ4v) is 3.41. The number of carbonyl (C=O) groups excluding carboxylic acids is 1. The molecular weight excluding hydrogens is 328 g/mol. The first-order chi connectivity index (χ1) is 12.3. The molecule has 0 aromatic rings. The van der Waals surface area contributed by atoms with E-state index in [0.29, 0.717) is 29.4 Å². The topological polar surface area (TPSA) is 118 Å². The van der Waals surface area contributed by atoms with Gasteiger partial charge in [-0.1, -0.05) is 13.8 Å². The van der Waals surface area contributed by atoms with Crippen LogP contribution >= 0.6 is 0 Å². The summed E-state index contributed by atoms with van der Waals surface area (Å²) in [4.78, 5) is 14.7. The molecule has 1 saturated heterocycles. The Morgan fingerprint density at radius 1 is 1.19 bits per heavy atom. The van der Waals surface area contributed by atoms with Crippen LogP contribution in [-0.2, 0) is 4.79 Å². The van der Waals surface area contributed by atoms with Crippen LogP contribution in [-0.4, -0.2) is 54.2 Å². The van der Waals surface area contributed by atoms with Crippen LogP contribution in [0.15, 0.2) is 0 Å². The number of hydrogen-bond acceptors (Lipinski definition) is 5. The highest BCUT2D eigenvalue weighted by Crippen LogP contribution is 2.30. The predicted molar refractivity (Wildman–Crippen MR) is 106 cm³/mol. The second kappa shape index (κ2) is 9.46. The summed E-state index contributed by atoms with van der Waals surface area (Å²) in [5.41, 5.74) is 6.44. The molecule has 0 aromatic heterocycles. The summed E-state index contributed by atoms with van der Waals surface area (Å²) in [5, 5.41) is 22.8. The van der Waals surface area contributed by atoms with Gasteiger partial charge in [0, 0.05) is 31.3 Å². The van der Waals surface area contributed by atoms with Crippen molar-refractivity contribution in [1.29, 1.82) is 10.8 Å². The number of carbonyl (C=O) groups is 1. The molecule has 26 heavy (non-hydrogen) atoms. The molecule has 0 radical (unpaired) electrons. The van der Waals surface area contributed by atoms with Crippen molar-refractivity contribution in [2.45, 2.75) is 65.1 Å². The number of amidine groups is 1. The molecule has 1 amide bonds. The molecule has 1 heterocycles. The van der Waals surface area contributed by atoms with E-state index in [0.717, 1.165) is 45.3 Å². The van der Waals surface area contributed by atoms with E-state index in [9.17, 15) is 4.79 Å². The van der Waals surface area contributed by atoms with Gasteiger partial charge in [-0.15, -0.1) is 0 Å². The predicted octanol–water partition coefficient (Wildman–Crippen LogP) is 1.53. The Morgan fingerprint density at radius 2 is 1.81 bits per heavy atom.